The number of rotatable bonds is 5. The van der Waals surface area contributed by atoms with Crippen molar-refractivity contribution in [1.29, 1.82) is 0 Å². The highest BCUT2D eigenvalue weighted by Crippen LogP contribution is 2.29. The fourth-order valence-electron chi connectivity index (χ4n) is 2.02. The molecule has 4 heteroatoms. The van der Waals surface area contributed by atoms with Crippen LogP contribution in [0.15, 0.2) is 42.5 Å². The Hall–Kier alpha value is -1.51. The molecule has 0 aliphatic heterocycles. The Morgan fingerprint density at radius 3 is 2.52 bits per heavy atom. The zero-order chi connectivity index (χ0) is 15.2. The number of aryl methyl sites for hydroxylation is 2. The van der Waals surface area contributed by atoms with Gasteiger partial charge in [-0.3, -0.25) is 4.79 Å². The Bertz CT molecular complexity index is 623. The van der Waals surface area contributed by atoms with Crippen LogP contribution in [0.5, 0.6) is 0 Å². The van der Waals surface area contributed by atoms with Crippen LogP contribution >= 0.6 is 23.2 Å². The van der Waals surface area contributed by atoms with Gasteiger partial charge in [0.15, 0.2) is 0 Å². The van der Waals surface area contributed by atoms with Crippen molar-refractivity contribution in [2.24, 2.45) is 0 Å². The van der Waals surface area contributed by atoms with Gasteiger partial charge in [-0.15, -0.1) is 0 Å². The van der Waals surface area contributed by atoms with E-state index in [2.05, 4.69) is 36.5 Å². The van der Waals surface area contributed by atoms with E-state index in [1.807, 2.05) is 0 Å². The van der Waals surface area contributed by atoms with E-state index in [-0.39, 0.29) is 5.91 Å². The summed E-state index contributed by atoms with van der Waals surface area (Å²) in [6.07, 6.45) is 2.14. The molecule has 0 aliphatic rings. The van der Waals surface area contributed by atoms with Gasteiger partial charge in [0.25, 0.3) is 0 Å². The molecular weight excluding hydrogens is 305 g/mol. The Balaban J connectivity index is 1.82. The summed E-state index contributed by atoms with van der Waals surface area (Å²) in [5.74, 6) is -0.0497. The number of carbonyl (C=O) groups is 1. The molecule has 1 amide bonds. The summed E-state index contributed by atoms with van der Waals surface area (Å²) < 4.78 is 0. The maximum absolute atomic E-state index is 11.9. The second kappa shape index (κ2) is 7.48. The molecule has 2 aromatic carbocycles. The van der Waals surface area contributed by atoms with Gasteiger partial charge in [0.2, 0.25) is 5.91 Å². The standard InChI is InChI=1S/C17H17Cl2NO/c1-12-8-10-13(11-9-12)4-2-7-16(21)20-15-6-3-5-14(18)17(15)19/h3,5-6,8-11H,2,4,7H2,1H3,(H,20,21). The molecule has 0 saturated heterocycles. The third-order valence-corrected chi connectivity index (χ3v) is 4.03. The summed E-state index contributed by atoms with van der Waals surface area (Å²) in [5.41, 5.74) is 3.05. The Morgan fingerprint density at radius 2 is 1.81 bits per heavy atom. The van der Waals surface area contributed by atoms with Crippen LogP contribution < -0.4 is 5.32 Å². The first-order valence-electron chi connectivity index (χ1n) is 6.85. The zero-order valence-corrected chi connectivity index (χ0v) is 13.3. The quantitative estimate of drug-likeness (QED) is 0.799. The van der Waals surface area contributed by atoms with Gasteiger partial charge in [-0.25, -0.2) is 0 Å². The average molecular weight is 322 g/mol. The summed E-state index contributed by atoms with van der Waals surface area (Å²) >= 11 is 11.9. The highest BCUT2D eigenvalue weighted by molar-refractivity contribution is 6.43. The van der Waals surface area contributed by atoms with Crippen LogP contribution in [0.2, 0.25) is 10.0 Å². The van der Waals surface area contributed by atoms with Crippen molar-refractivity contribution in [3.05, 3.63) is 63.6 Å². The molecule has 2 rings (SSSR count). The summed E-state index contributed by atoms with van der Waals surface area (Å²) in [5, 5.41) is 3.61. The largest absolute Gasteiger partial charge is 0.325 e. The van der Waals surface area contributed by atoms with Crippen LogP contribution in [-0.2, 0) is 11.2 Å². The van der Waals surface area contributed by atoms with E-state index in [1.165, 1.54) is 11.1 Å². The van der Waals surface area contributed by atoms with Gasteiger partial charge < -0.3 is 5.32 Å². The number of hydrogen-bond acceptors (Lipinski definition) is 1. The van der Waals surface area contributed by atoms with E-state index in [4.69, 9.17) is 23.2 Å². The number of anilines is 1. The minimum absolute atomic E-state index is 0.0497. The lowest BCUT2D eigenvalue weighted by Gasteiger charge is -2.08. The van der Waals surface area contributed by atoms with Crippen molar-refractivity contribution < 1.29 is 4.79 Å². The maximum Gasteiger partial charge on any atom is 0.224 e. The van der Waals surface area contributed by atoms with Crippen molar-refractivity contribution in [3.63, 3.8) is 0 Å². The van der Waals surface area contributed by atoms with Gasteiger partial charge in [-0.2, -0.15) is 0 Å². The lowest BCUT2D eigenvalue weighted by Crippen LogP contribution is -2.11. The number of amides is 1. The topological polar surface area (TPSA) is 29.1 Å². The minimum atomic E-state index is -0.0497. The predicted octanol–water partition coefficient (Wildman–Crippen LogP) is 5.26. The zero-order valence-electron chi connectivity index (χ0n) is 11.8. The number of halogens is 2. The van der Waals surface area contributed by atoms with Crippen LogP contribution in [0.3, 0.4) is 0 Å². The smallest absolute Gasteiger partial charge is 0.224 e. The molecule has 0 atom stereocenters. The SMILES string of the molecule is Cc1ccc(CCCC(=O)Nc2cccc(Cl)c2Cl)cc1. The first kappa shape index (κ1) is 15.9. The monoisotopic (exact) mass is 321 g/mol. The molecule has 0 unspecified atom stereocenters. The normalized spacial score (nSPS) is 10.4. The first-order valence-corrected chi connectivity index (χ1v) is 7.61. The molecule has 0 radical (unpaired) electrons. The number of benzene rings is 2. The second-order valence-electron chi connectivity index (χ2n) is 4.99. The van der Waals surface area contributed by atoms with Crippen LogP contribution in [-0.4, -0.2) is 5.91 Å². The fourth-order valence-corrected chi connectivity index (χ4v) is 2.37. The molecule has 21 heavy (non-hydrogen) atoms. The fraction of sp³-hybridized carbons (Fsp3) is 0.235. The molecule has 0 heterocycles. The van der Waals surface area contributed by atoms with Crippen molar-refractivity contribution in [2.75, 3.05) is 5.32 Å². The van der Waals surface area contributed by atoms with Crippen molar-refractivity contribution >= 4 is 34.8 Å². The lowest BCUT2D eigenvalue weighted by molar-refractivity contribution is -0.116. The van der Waals surface area contributed by atoms with E-state index in [0.29, 0.717) is 22.2 Å². The Labute approximate surface area is 135 Å². The third kappa shape index (κ3) is 4.76. The van der Waals surface area contributed by atoms with Gasteiger partial charge in [0.1, 0.15) is 0 Å². The number of nitrogens with one attached hydrogen (secondary N) is 1. The summed E-state index contributed by atoms with van der Waals surface area (Å²) in [6.45, 7) is 2.06. The van der Waals surface area contributed by atoms with Crippen LogP contribution in [0.4, 0.5) is 5.69 Å². The predicted molar refractivity (Wildman–Crippen MR) is 89.2 cm³/mol. The van der Waals surface area contributed by atoms with E-state index in [0.717, 1.165) is 12.8 Å². The van der Waals surface area contributed by atoms with E-state index in [9.17, 15) is 4.79 Å². The van der Waals surface area contributed by atoms with Gasteiger partial charge in [-0.05, 0) is 37.5 Å². The summed E-state index contributed by atoms with van der Waals surface area (Å²) in [7, 11) is 0. The Kier molecular flexibility index (Phi) is 5.66. The molecular formula is C17H17Cl2NO. The van der Waals surface area contributed by atoms with E-state index >= 15 is 0 Å². The molecule has 2 aromatic rings. The molecule has 2 nitrogen and oxygen atoms in total. The van der Waals surface area contributed by atoms with Crippen molar-refractivity contribution in [2.45, 2.75) is 26.2 Å². The summed E-state index contributed by atoms with van der Waals surface area (Å²) in [6, 6.07) is 13.6. The van der Waals surface area contributed by atoms with Gasteiger partial charge in [0, 0.05) is 6.42 Å². The Morgan fingerprint density at radius 1 is 1.10 bits per heavy atom. The van der Waals surface area contributed by atoms with Crippen LogP contribution in [0.25, 0.3) is 0 Å². The molecule has 1 N–H and O–H groups in total. The molecule has 0 aromatic heterocycles. The average Bonchev–Trinajstić information content (AvgIpc) is 2.46. The maximum atomic E-state index is 11.9. The molecule has 110 valence electrons. The van der Waals surface area contributed by atoms with Gasteiger partial charge in [-0.1, -0.05) is 59.1 Å². The van der Waals surface area contributed by atoms with Crippen LogP contribution in [0.1, 0.15) is 24.0 Å². The molecule has 0 saturated carbocycles. The van der Waals surface area contributed by atoms with E-state index in [1.54, 1.807) is 18.2 Å². The lowest BCUT2D eigenvalue weighted by atomic mass is 10.1. The molecule has 0 aliphatic carbocycles. The van der Waals surface area contributed by atoms with Crippen molar-refractivity contribution in [1.82, 2.24) is 0 Å². The highest BCUT2D eigenvalue weighted by atomic mass is 35.5. The minimum Gasteiger partial charge on any atom is -0.325 e. The van der Waals surface area contributed by atoms with Gasteiger partial charge >= 0.3 is 0 Å². The number of carbonyl (C=O) groups excluding carboxylic acids is 1. The van der Waals surface area contributed by atoms with E-state index < -0.39 is 0 Å². The van der Waals surface area contributed by atoms with Gasteiger partial charge in [0.05, 0.1) is 15.7 Å². The molecule has 0 bridgehead atoms. The van der Waals surface area contributed by atoms with Crippen LogP contribution in [0, 0.1) is 6.92 Å². The van der Waals surface area contributed by atoms with Crippen molar-refractivity contribution in [3.8, 4) is 0 Å². The second-order valence-corrected chi connectivity index (χ2v) is 5.77. The third-order valence-electron chi connectivity index (χ3n) is 3.22. The highest BCUT2D eigenvalue weighted by Gasteiger charge is 2.08. The molecule has 0 fully saturated rings. The first-order chi connectivity index (χ1) is 10.1. The number of hydrogen-bond donors (Lipinski definition) is 1. The molecule has 0 spiro atoms. The summed E-state index contributed by atoms with van der Waals surface area (Å²) in [4.78, 5) is 11.9.